The molecule has 2 aromatic carbocycles. The van der Waals surface area contributed by atoms with Gasteiger partial charge in [0.15, 0.2) is 11.6 Å². The number of carbonyl (C=O) groups excluding carboxylic acids is 2. The zero-order valence-electron chi connectivity index (χ0n) is 13.9. The van der Waals surface area contributed by atoms with Crippen LogP contribution < -0.4 is 0 Å². The van der Waals surface area contributed by atoms with Crippen molar-refractivity contribution in [1.29, 1.82) is 0 Å². The predicted octanol–water partition coefficient (Wildman–Crippen LogP) is 5.25. The van der Waals surface area contributed by atoms with Crippen LogP contribution in [0.5, 0.6) is 0 Å². The first-order chi connectivity index (χ1) is 13.5. The van der Waals surface area contributed by atoms with Crippen molar-refractivity contribution in [1.82, 2.24) is 9.97 Å². The number of rotatable bonds is 2. The van der Waals surface area contributed by atoms with Crippen LogP contribution in [0, 0.1) is 0 Å². The molecule has 0 radical (unpaired) electrons. The van der Waals surface area contributed by atoms with Crippen LogP contribution in [0.3, 0.4) is 0 Å². The highest BCUT2D eigenvalue weighted by Crippen LogP contribution is 2.34. The van der Waals surface area contributed by atoms with E-state index in [0.29, 0.717) is 5.89 Å². The van der Waals surface area contributed by atoms with Gasteiger partial charge in [0.25, 0.3) is 11.4 Å². The molecule has 0 bridgehead atoms. The largest absolute Gasteiger partial charge is 0.415 e. The van der Waals surface area contributed by atoms with Crippen molar-refractivity contribution in [3.05, 3.63) is 75.1 Å². The summed E-state index contributed by atoms with van der Waals surface area (Å²) in [4.78, 5) is 33.5. The quantitative estimate of drug-likeness (QED) is 0.331. The molecule has 1 aliphatic rings. The Morgan fingerprint density at radius 1 is 0.821 bits per heavy atom. The summed E-state index contributed by atoms with van der Waals surface area (Å²) in [5, 5.41) is 0.406. The summed E-state index contributed by atoms with van der Waals surface area (Å²) in [5.41, 5.74) is 1.44. The number of nitrogens with zero attached hydrogens (tertiary/aromatic N) is 2. The van der Waals surface area contributed by atoms with Gasteiger partial charge < -0.3 is 8.83 Å². The molecule has 0 spiro atoms. The van der Waals surface area contributed by atoms with Crippen LogP contribution in [-0.2, 0) is 0 Å². The molecule has 0 amide bonds. The summed E-state index contributed by atoms with van der Waals surface area (Å²) >= 11 is 11.9. The molecule has 0 fully saturated rings. The summed E-state index contributed by atoms with van der Waals surface area (Å²) in [6, 6.07) is 12.1. The van der Waals surface area contributed by atoms with Gasteiger partial charge in [-0.25, -0.2) is 0 Å². The fraction of sp³-hybridized carbons (Fsp3) is 0. The highest BCUT2D eigenvalue weighted by Gasteiger charge is 2.34. The number of aromatic nitrogens is 2. The van der Waals surface area contributed by atoms with Crippen molar-refractivity contribution in [2.45, 2.75) is 0 Å². The molecule has 28 heavy (non-hydrogen) atoms. The molecule has 136 valence electrons. The van der Waals surface area contributed by atoms with Crippen LogP contribution in [0.1, 0.15) is 26.6 Å². The minimum absolute atomic E-state index is 0.0440. The maximum Gasteiger partial charge on any atom is 0.288 e. The fourth-order valence-electron chi connectivity index (χ4n) is 2.99. The first-order valence-corrected chi connectivity index (χ1v) is 8.90. The molecule has 0 saturated heterocycles. The number of allylic oxidation sites excluding steroid dienone is 1. The highest BCUT2D eigenvalue weighted by molar-refractivity contribution is 6.46. The van der Waals surface area contributed by atoms with Crippen molar-refractivity contribution >= 4 is 52.3 Å². The Morgan fingerprint density at radius 2 is 1.43 bits per heavy atom. The highest BCUT2D eigenvalue weighted by atomic mass is 35.5. The lowest BCUT2D eigenvalue weighted by Crippen LogP contribution is -2.00. The number of hydrogen-bond acceptors (Lipinski definition) is 6. The van der Waals surface area contributed by atoms with Crippen LogP contribution in [0.4, 0.5) is 0 Å². The summed E-state index contributed by atoms with van der Waals surface area (Å²) in [6.45, 7) is 0. The Morgan fingerprint density at radius 3 is 2.04 bits per heavy atom. The third-order valence-electron chi connectivity index (χ3n) is 4.32. The number of carbonyl (C=O) groups is 2. The maximum atomic E-state index is 12.6. The third-order valence-corrected chi connectivity index (χ3v) is 5.04. The smallest absolute Gasteiger partial charge is 0.288 e. The second kappa shape index (κ2) is 6.15. The van der Waals surface area contributed by atoms with E-state index in [4.69, 9.17) is 32.0 Å². The van der Waals surface area contributed by atoms with Gasteiger partial charge in [-0.3, -0.25) is 9.59 Å². The minimum Gasteiger partial charge on any atom is -0.415 e. The van der Waals surface area contributed by atoms with Gasteiger partial charge in [-0.1, -0.05) is 41.4 Å². The van der Waals surface area contributed by atoms with Gasteiger partial charge in [0.1, 0.15) is 0 Å². The van der Waals surface area contributed by atoms with Gasteiger partial charge in [-0.05, 0) is 24.3 Å². The van der Waals surface area contributed by atoms with E-state index in [1.807, 2.05) is 30.3 Å². The molecule has 1 aliphatic carbocycles. The van der Waals surface area contributed by atoms with Gasteiger partial charge in [-0.2, -0.15) is 9.97 Å². The van der Waals surface area contributed by atoms with Crippen molar-refractivity contribution in [2.75, 3.05) is 0 Å². The van der Waals surface area contributed by atoms with E-state index in [2.05, 4.69) is 9.97 Å². The normalized spacial score (nSPS) is 13.4. The Hall–Kier alpha value is -3.22. The van der Waals surface area contributed by atoms with E-state index in [9.17, 15) is 9.59 Å². The van der Waals surface area contributed by atoms with Crippen molar-refractivity contribution in [2.24, 2.45) is 0 Å². The van der Waals surface area contributed by atoms with Gasteiger partial charge in [-0.15, -0.1) is 0 Å². The Labute approximate surface area is 167 Å². The van der Waals surface area contributed by atoms with Crippen molar-refractivity contribution in [3.8, 4) is 11.5 Å². The lowest BCUT2D eigenvalue weighted by atomic mass is 10.1. The maximum absolute atomic E-state index is 12.6. The average molecular weight is 411 g/mol. The molecule has 0 saturated carbocycles. The van der Waals surface area contributed by atoms with Crippen LogP contribution in [0.15, 0.2) is 56.9 Å². The SMILES string of the molecule is O=C1C(=Cc2nc3oc(-c4ccccc4)nc3o2)C(=O)c2cc(Cl)c(Cl)cc21. The number of ketones is 2. The molecular formula is C20H8Cl2N2O4. The number of hydrogen-bond donors (Lipinski definition) is 0. The molecule has 0 aliphatic heterocycles. The van der Waals surface area contributed by atoms with Crippen LogP contribution in [0.2, 0.25) is 10.0 Å². The molecular weight excluding hydrogens is 403 g/mol. The number of halogens is 2. The van der Waals surface area contributed by atoms with Crippen molar-refractivity contribution in [3.63, 3.8) is 0 Å². The molecule has 6 nitrogen and oxygen atoms in total. The van der Waals surface area contributed by atoms with Gasteiger partial charge >= 0.3 is 0 Å². The molecule has 0 atom stereocenters. The molecule has 5 rings (SSSR count). The Bertz CT molecular complexity index is 1240. The van der Waals surface area contributed by atoms with Crippen LogP contribution in [0.25, 0.3) is 29.0 Å². The zero-order chi connectivity index (χ0) is 19.4. The van der Waals surface area contributed by atoms with Gasteiger partial charge in [0.2, 0.25) is 11.8 Å². The molecule has 2 heterocycles. The first-order valence-electron chi connectivity index (χ1n) is 8.14. The summed E-state index contributed by atoms with van der Waals surface area (Å²) in [6.07, 6.45) is 1.27. The lowest BCUT2D eigenvalue weighted by molar-refractivity contribution is 0.0990. The van der Waals surface area contributed by atoms with E-state index >= 15 is 0 Å². The van der Waals surface area contributed by atoms with E-state index in [0.717, 1.165) is 5.56 Å². The number of oxazole rings is 2. The van der Waals surface area contributed by atoms with Crippen LogP contribution >= 0.6 is 23.2 Å². The number of benzene rings is 2. The monoisotopic (exact) mass is 410 g/mol. The number of Topliss-reactive ketones (excluding diaryl/α,β-unsaturated/α-hetero) is 2. The number of fused-ring (bicyclic) bond motifs is 2. The third kappa shape index (κ3) is 2.58. The summed E-state index contributed by atoms with van der Waals surface area (Å²) in [7, 11) is 0. The van der Waals surface area contributed by atoms with E-state index in [-0.39, 0.29) is 44.1 Å². The summed E-state index contributed by atoms with van der Waals surface area (Å²) < 4.78 is 11.1. The topological polar surface area (TPSA) is 86.2 Å². The van der Waals surface area contributed by atoms with Gasteiger partial charge in [0.05, 0.1) is 15.6 Å². The van der Waals surface area contributed by atoms with Gasteiger partial charge in [0, 0.05) is 22.8 Å². The second-order valence-electron chi connectivity index (χ2n) is 6.08. The zero-order valence-corrected chi connectivity index (χ0v) is 15.4. The fourth-order valence-corrected chi connectivity index (χ4v) is 3.32. The lowest BCUT2D eigenvalue weighted by Gasteiger charge is -1.98. The van der Waals surface area contributed by atoms with E-state index in [1.54, 1.807) is 0 Å². The molecule has 0 N–H and O–H groups in total. The van der Waals surface area contributed by atoms with E-state index in [1.165, 1.54) is 18.2 Å². The Balaban J connectivity index is 1.53. The average Bonchev–Trinajstić information content (AvgIpc) is 3.31. The first kappa shape index (κ1) is 16.9. The molecule has 8 heteroatoms. The molecule has 0 unspecified atom stereocenters. The minimum atomic E-state index is -0.466. The standard InChI is InChI=1S/C20H8Cl2N2O4/c21-13-6-10-11(7-14(13)22)17(26)12(16(10)25)8-15-23-19-20(27-15)24-18(28-19)9-4-2-1-3-5-9/h1-8H. The molecule has 2 aromatic heterocycles. The molecule has 4 aromatic rings. The van der Waals surface area contributed by atoms with E-state index < -0.39 is 11.6 Å². The second-order valence-corrected chi connectivity index (χ2v) is 6.89. The predicted molar refractivity (Wildman–Crippen MR) is 103 cm³/mol. The van der Waals surface area contributed by atoms with Crippen molar-refractivity contribution < 1.29 is 18.4 Å². The van der Waals surface area contributed by atoms with Crippen LogP contribution in [-0.4, -0.2) is 21.5 Å². The Kier molecular flexibility index (Phi) is 3.72. The summed E-state index contributed by atoms with van der Waals surface area (Å²) in [5.74, 6) is -0.522.